The number of pyridine rings is 1. The van der Waals surface area contributed by atoms with Crippen LogP contribution in [0.2, 0.25) is 0 Å². The van der Waals surface area contributed by atoms with Gasteiger partial charge in [-0.2, -0.15) is 0 Å². The number of amides is 2. The van der Waals surface area contributed by atoms with Crippen LogP contribution in [0.1, 0.15) is 12.6 Å². The molecule has 1 saturated heterocycles. The lowest BCUT2D eigenvalue weighted by molar-refractivity contribution is -0.130. The number of carbonyl (C=O) groups excluding carboxylic acids is 2. The fourth-order valence-corrected chi connectivity index (χ4v) is 3.54. The number of carbonyl (C=O) groups is 2. The molecular formula is C22H28N4O5. The number of ether oxygens (including phenoxy) is 2. The maximum atomic E-state index is 12.7. The minimum atomic E-state index is -0.235. The number of methoxy groups -OCH3 is 2. The molecule has 0 spiro atoms. The topological polar surface area (TPSA) is 93.1 Å². The first kappa shape index (κ1) is 22.4. The smallest absolute Gasteiger partial charge is 0.244 e. The number of piperazine rings is 1. The number of aromatic nitrogens is 1. The van der Waals surface area contributed by atoms with Crippen molar-refractivity contribution in [2.45, 2.75) is 20.0 Å². The van der Waals surface area contributed by atoms with E-state index in [-0.39, 0.29) is 29.5 Å². The molecule has 166 valence electrons. The highest BCUT2D eigenvalue weighted by Gasteiger charge is 2.20. The first-order valence-corrected chi connectivity index (χ1v) is 10.1. The molecule has 1 N–H and O–H groups in total. The molecule has 9 heteroatoms. The molecule has 31 heavy (non-hydrogen) atoms. The Morgan fingerprint density at radius 3 is 2.45 bits per heavy atom. The van der Waals surface area contributed by atoms with Gasteiger partial charge in [-0.3, -0.25) is 19.3 Å². The van der Waals surface area contributed by atoms with Gasteiger partial charge in [0.1, 0.15) is 12.3 Å². The Kier molecular flexibility index (Phi) is 7.30. The average Bonchev–Trinajstić information content (AvgIpc) is 2.76. The highest BCUT2D eigenvalue weighted by atomic mass is 16.5. The molecule has 2 amide bonds. The molecule has 2 heterocycles. The van der Waals surface area contributed by atoms with E-state index in [1.807, 2.05) is 0 Å². The summed E-state index contributed by atoms with van der Waals surface area (Å²) < 4.78 is 12.1. The van der Waals surface area contributed by atoms with Crippen molar-refractivity contribution in [2.75, 3.05) is 45.7 Å². The first-order chi connectivity index (χ1) is 14.9. The van der Waals surface area contributed by atoms with Gasteiger partial charge in [-0.25, -0.2) is 0 Å². The van der Waals surface area contributed by atoms with E-state index in [4.69, 9.17) is 9.47 Å². The van der Waals surface area contributed by atoms with Gasteiger partial charge in [0.2, 0.25) is 17.2 Å². The summed E-state index contributed by atoms with van der Waals surface area (Å²) in [5, 5.41) is 2.85. The fraction of sp³-hybridized carbons (Fsp3) is 0.409. The lowest BCUT2D eigenvalue weighted by Crippen LogP contribution is -2.47. The van der Waals surface area contributed by atoms with E-state index in [2.05, 4.69) is 10.2 Å². The van der Waals surface area contributed by atoms with Gasteiger partial charge in [0, 0.05) is 63.2 Å². The molecular weight excluding hydrogens is 400 g/mol. The predicted octanol–water partition coefficient (Wildman–Crippen LogP) is 1.17. The van der Waals surface area contributed by atoms with E-state index in [1.165, 1.54) is 13.2 Å². The number of hydrogen-bond donors (Lipinski definition) is 1. The summed E-state index contributed by atoms with van der Waals surface area (Å²) in [6, 6.07) is 8.62. The molecule has 2 aromatic rings. The van der Waals surface area contributed by atoms with Crippen molar-refractivity contribution in [3.63, 3.8) is 0 Å². The van der Waals surface area contributed by atoms with E-state index in [0.717, 1.165) is 0 Å². The van der Waals surface area contributed by atoms with Crippen molar-refractivity contribution >= 4 is 17.5 Å². The Labute approximate surface area is 181 Å². The second-order valence-electron chi connectivity index (χ2n) is 7.39. The highest BCUT2D eigenvalue weighted by molar-refractivity contribution is 5.90. The number of benzene rings is 1. The Bertz CT molecular complexity index is 996. The number of nitrogens with zero attached hydrogens (tertiary/aromatic N) is 3. The third kappa shape index (κ3) is 5.85. The van der Waals surface area contributed by atoms with Crippen LogP contribution in [0.3, 0.4) is 0 Å². The largest absolute Gasteiger partial charge is 0.497 e. The lowest BCUT2D eigenvalue weighted by atomic mass is 10.2. The van der Waals surface area contributed by atoms with Gasteiger partial charge in [-0.1, -0.05) is 6.07 Å². The summed E-state index contributed by atoms with van der Waals surface area (Å²) in [6.07, 6.45) is 1.56. The van der Waals surface area contributed by atoms with Crippen molar-refractivity contribution in [3.8, 4) is 11.5 Å². The van der Waals surface area contributed by atoms with Crippen LogP contribution in [0.5, 0.6) is 11.5 Å². The Morgan fingerprint density at radius 2 is 1.81 bits per heavy atom. The third-order valence-electron chi connectivity index (χ3n) is 5.27. The highest BCUT2D eigenvalue weighted by Crippen LogP contribution is 2.17. The molecule has 0 unspecified atom stereocenters. The molecule has 0 bridgehead atoms. The van der Waals surface area contributed by atoms with Crippen LogP contribution < -0.4 is 20.2 Å². The van der Waals surface area contributed by atoms with Gasteiger partial charge in [-0.15, -0.1) is 0 Å². The quantitative estimate of drug-likeness (QED) is 0.712. The number of rotatable bonds is 7. The monoisotopic (exact) mass is 428 g/mol. The summed E-state index contributed by atoms with van der Waals surface area (Å²) in [5.74, 6) is 0.657. The zero-order valence-electron chi connectivity index (χ0n) is 18.1. The molecule has 0 aliphatic carbocycles. The van der Waals surface area contributed by atoms with Gasteiger partial charge in [0.25, 0.3) is 0 Å². The standard InChI is InChI=1S/C22H28N4O5/c1-16(27)25-9-7-24(8-10-25)13-18-12-20(28)21(31-3)14-26(18)15-22(29)23-17-5-4-6-19(11-17)30-2/h4-6,11-12,14H,7-10,13,15H2,1-3H3,(H,23,29). The second-order valence-corrected chi connectivity index (χ2v) is 7.39. The molecule has 1 aliphatic heterocycles. The van der Waals surface area contributed by atoms with E-state index in [1.54, 1.807) is 54.0 Å². The van der Waals surface area contributed by atoms with Crippen LogP contribution in [0, 0.1) is 0 Å². The zero-order valence-corrected chi connectivity index (χ0v) is 18.1. The molecule has 9 nitrogen and oxygen atoms in total. The number of anilines is 1. The number of nitrogens with one attached hydrogen (secondary N) is 1. The minimum Gasteiger partial charge on any atom is -0.497 e. The van der Waals surface area contributed by atoms with Crippen LogP contribution >= 0.6 is 0 Å². The predicted molar refractivity (Wildman–Crippen MR) is 116 cm³/mol. The lowest BCUT2D eigenvalue weighted by Gasteiger charge is -2.34. The van der Waals surface area contributed by atoms with Crippen molar-refractivity contribution in [3.05, 3.63) is 52.4 Å². The summed E-state index contributed by atoms with van der Waals surface area (Å²) in [5.41, 5.74) is 1.10. The molecule has 0 atom stereocenters. The zero-order chi connectivity index (χ0) is 22.4. The average molecular weight is 428 g/mol. The molecule has 3 rings (SSSR count). The second kappa shape index (κ2) is 10.1. The van der Waals surface area contributed by atoms with E-state index < -0.39 is 0 Å². The Balaban J connectivity index is 1.74. The van der Waals surface area contributed by atoms with Gasteiger partial charge >= 0.3 is 0 Å². The van der Waals surface area contributed by atoms with Crippen LogP contribution in [0.25, 0.3) is 0 Å². The third-order valence-corrected chi connectivity index (χ3v) is 5.27. The normalized spacial score (nSPS) is 14.2. The number of hydrogen-bond acceptors (Lipinski definition) is 6. The molecule has 0 radical (unpaired) electrons. The van der Waals surface area contributed by atoms with Crippen LogP contribution in [-0.4, -0.2) is 66.6 Å². The van der Waals surface area contributed by atoms with Crippen LogP contribution in [0.15, 0.2) is 41.3 Å². The fourth-order valence-electron chi connectivity index (χ4n) is 3.54. The van der Waals surface area contributed by atoms with Gasteiger partial charge in [0.15, 0.2) is 5.75 Å². The summed E-state index contributed by atoms with van der Waals surface area (Å²) in [6.45, 7) is 4.79. The maximum absolute atomic E-state index is 12.7. The van der Waals surface area contributed by atoms with Crippen molar-refractivity contribution in [1.29, 1.82) is 0 Å². The summed E-state index contributed by atoms with van der Waals surface area (Å²) in [7, 11) is 2.99. The summed E-state index contributed by atoms with van der Waals surface area (Å²) in [4.78, 5) is 40.5. The van der Waals surface area contributed by atoms with Crippen molar-refractivity contribution < 1.29 is 19.1 Å². The van der Waals surface area contributed by atoms with Crippen LogP contribution in [-0.2, 0) is 22.7 Å². The molecule has 1 aromatic heterocycles. The minimum absolute atomic E-state index is 0.0244. The molecule has 1 aliphatic rings. The SMILES string of the molecule is COc1cccc(NC(=O)Cn2cc(OC)c(=O)cc2CN2CCN(C(C)=O)CC2)c1. The first-order valence-electron chi connectivity index (χ1n) is 10.1. The van der Waals surface area contributed by atoms with Crippen molar-refractivity contribution in [1.82, 2.24) is 14.4 Å². The van der Waals surface area contributed by atoms with E-state index >= 15 is 0 Å². The molecule has 1 fully saturated rings. The molecule has 0 saturated carbocycles. The maximum Gasteiger partial charge on any atom is 0.244 e. The Hall–Kier alpha value is -3.33. The van der Waals surface area contributed by atoms with Gasteiger partial charge < -0.3 is 24.3 Å². The van der Waals surface area contributed by atoms with E-state index in [0.29, 0.717) is 49.9 Å². The molecule has 1 aromatic carbocycles. The Morgan fingerprint density at radius 1 is 1.06 bits per heavy atom. The van der Waals surface area contributed by atoms with Gasteiger partial charge in [-0.05, 0) is 12.1 Å². The summed E-state index contributed by atoms with van der Waals surface area (Å²) >= 11 is 0. The van der Waals surface area contributed by atoms with Crippen molar-refractivity contribution in [2.24, 2.45) is 0 Å². The van der Waals surface area contributed by atoms with Gasteiger partial charge in [0.05, 0.1) is 20.4 Å². The van der Waals surface area contributed by atoms with E-state index in [9.17, 15) is 14.4 Å². The van der Waals surface area contributed by atoms with Crippen LogP contribution in [0.4, 0.5) is 5.69 Å².